The summed E-state index contributed by atoms with van der Waals surface area (Å²) in [5.74, 6) is 0.729. The van der Waals surface area contributed by atoms with E-state index in [1.165, 1.54) is 25.7 Å². The van der Waals surface area contributed by atoms with E-state index in [1.807, 2.05) is 0 Å². The second-order valence-corrected chi connectivity index (χ2v) is 5.51. The minimum absolute atomic E-state index is 0.0204. The summed E-state index contributed by atoms with van der Waals surface area (Å²) in [6.07, 6.45) is 8.71. The molecule has 1 aliphatic carbocycles. The van der Waals surface area contributed by atoms with E-state index in [0.717, 1.165) is 38.4 Å². The molecule has 2 nitrogen and oxygen atoms in total. The van der Waals surface area contributed by atoms with Crippen LogP contribution in [0.5, 0.6) is 0 Å². The van der Waals surface area contributed by atoms with Gasteiger partial charge in [0.25, 0.3) is 0 Å². The van der Waals surface area contributed by atoms with Crippen molar-refractivity contribution in [1.29, 1.82) is 0 Å². The molecule has 1 aliphatic rings. The monoisotopic (exact) mass is 213 g/mol. The Bertz CT molecular complexity index is 160. The third kappa shape index (κ3) is 5.53. The van der Waals surface area contributed by atoms with Crippen molar-refractivity contribution < 1.29 is 4.74 Å². The molecule has 0 aromatic heterocycles. The van der Waals surface area contributed by atoms with Crippen molar-refractivity contribution in [2.45, 2.75) is 64.3 Å². The van der Waals surface area contributed by atoms with Gasteiger partial charge in [0.05, 0.1) is 6.61 Å². The van der Waals surface area contributed by atoms with Crippen LogP contribution in [-0.2, 0) is 4.74 Å². The minimum Gasteiger partial charge on any atom is -0.380 e. The summed E-state index contributed by atoms with van der Waals surface area (Å²) in [6.45, 7) is 6.09. The first-order valence-electron chi connectivity index (χ1n) is 6.49. The van der Waals surface area contributed by atoms with E-state index < -0.39 is 0 Å². The first kappa shape index (κ1) is 13.0. The maximum Gasteiger partial charge on any atom is 0.0646 e. The molecular formula is C13H27NO. The average Bonchev–Trinajstić information content (AvgIpc) is 2.38. The summed E-state index contributed by atoms with van der Waals surface area (Å²) in [5, 5.41) is 0. The number of hydrogen-bond donors (Lipinski definition) is 1. The fourth-order valence-electron chi connectivity index (χ4n) is 2.17. The topological polar surface area (TPSA) is 35.2 Å². The van der Waals surface area contributed by atoms with Crippen molar-refractivity contribution in [3.05, 3.63) is 0 Å². The summed E-state index contributed by atoms with van der Waals surface area (Å²) in [6, 6.07) is 0. The highest BCUT2D eigenvalue weighted by atomic mass is 16.5. The van der Waals surface area contributed by atoms with Crippen molar-refractivity contribution in [1.82, 2.24) is 0 Å². The lowest BCUT2D eigenvalue weighted by molar-refractivity contribution is 0.0711. The normalized spacial score (nSPS) is 21.6. The van der Waals surface area contributed by atoms with Crippen molar-refractivity contribution in [3.8, 4) is 0 Å². The van der Waals surface area contributed by atoms with Gasteiger partial charge in [-0.1, -0.05) is 39.5 Å². The van der Waals surface area contributed by atoms with Gasteiger partial charge >= 0.3 is 0 Å². The van der Waals surface area contributed by atoms with E-state index in [0.29, 0.717) is 0 Å². The second-order valence-electron chi connectivity index (χ2n) is 5.51. The fourth-order valence-corrected chi connectivity index (χ4v) is 2.17. The lowest BCUT2D eigenvalue weighted by Gasteiger charge is -2.27. The summed E-state index contributed by atoms with van der Waals surface area (Å²) in [7, 11) is 0. The molecule has 15 heavy (non-hydrogen) atoms. The summed E-state index contributed by atoms with van der Waals surface area (Å²) in [4.78, 5) is 0. The maximum atomic E-state index is 6.35. The highest BCUT2D eigenvalue weighted by Crippen LogP contribution is 2.25. The Morgan fingerprint density at radius 1 is 1.13 bits per heavy atom. The molecule has 0 radical (unpaired) electrons. The zero-order valence-electron chi connectivity index (χ0n) is 10.4. The van der Waals surface area contributed by atoms with Crippen molar-refractivity contribution >= 4 is 0 Å². The predicted molar refractivity (Wildman–Crippen MR) is 64.9 cm³/mol. The van der Waals surface area contributed by atoms with Crippen LogP contribution < -0.4 is 5.73 Å². The molecule has 0 bridgehead atoms. The van der Waals surface area contributed by atoms with Gasteiger partial charge in [-0.15, -0.1) is 0 Å². The summed E-state index contributed by atoms with van der Waals surface area (Å²) in [5.41, 5.74) is 6.33. The van der Waals surface area contributed by atoms with Crippen LogP contribution in [-0.4, -0.2) is 18.8 Å². The van der Waals surface area contributed by atoms with Gasteiger partial charge in [-0.3, -0.25) is 0 Å². The summed E-state index contributed by atoms with van der Waals surface area (Å²) >= 11 is 0. The van der Waals surface area contributed by atoms with Gasteiger partial charge in [-0.2, -0.15) is 0 Å². The van der Waals surface area contributed by atoms with E-state index in [-0.39, 0.29) is 5.54 Å². The molecule has 0 atom stereocenters. The highest BCUT2D eigenvalue weighted by Gasteiger charge is 2.26. The third-order valence-electron chi connectivity index (χ3n) is 3.33. The number of ether oxygens (including phenoxy) is 1. The van der Waals surface area contributed by atoms with Gasteiger partial charge in [0.1, 0.15) is 0 Å². The lowest BCUT2D eigenvalue weighted by atomic mass is 9.92. The molecule has 2 heteroatoms. The fraction of sp³-hybridized carbons (Fsp3) is 1.00. The Kier molecular flexibility index (Phi) is 5.62. The maximum absolute atomic E-state index is 6.35. The van der Waals surface area contributed by atoms with Crippen LogP contribution in [0.25, 0.3) is 0 Å². The molecule has 0 aromatic rings. The molecule has 0 spiro atoms. The van der Waals surface area contributed by atoms with Crippen LogP contribution in [0.4, 0.5) is 0 Å². The zero-order chi connectivity index (χ0) is 11.1. The van der Waals surface area contributed by atoms with Crippen molar-refractivity contribution in [2.24, 2.45) is 11.7 Å². The zero-order valence-corrected chi connectivity index (χ0v) is 10.4. The molecule has 1 rings (SSSR count). The van der Waals surface area contributed by atoms with Gasteiger partial charge in [-0.05, 0) is 25.2 Å². The number of rotatable bonds is 5. The molecule has 1 saturated carbocycles. The Morgan fingerprint density at radius 3 is 2.27 bits per heavy atom. The van der Waals surface area contributed by atoms with E-state index >= 15 is 0 Å². The van der Waals surface area contributed by atoms with E-state index in [2.05, 4.69) is 13.8 Å². The number of nitrogens with two attached hydrogens (primary N) is 1. The molecule has 0 amide bonds. The van der Waals surface area contributed by atoms with Gasteiger partial charge in [0, 0.05) is 12.1 Å². The second kappa shape index (κ2) is 6.49. The molecule has 2 N–H and O–H groups in total. The van der Waals surface area contributed by atoms with E-state index in [1.54, 1.807) is 0 Å². The Hall–Kier alpha value is -0.0800. The molecule has 0 unspecified atom stereocenters. The largest absolute Gasteiger partial charge is 0.380 e. The van der Waals surface area contributed by atoms with Crippen LogP contribution >= 0.6 is 0 Å². The first-order valence-corrected chi connectivity index (χ1v) is 6.49. The average molecular weight is 213 g/mol. The van der Waals surface area contributed by atoms with Crippen LogP contribution in [0.1, 0.15) is 58.8 Å². The number of hydrogen-bond acceptors (Lipinski definition) is 2. The molecule has 0 aliphatic heterocycles. The van der Waals surface area contributed by atoms with Gasteiger partial charge < -0.3 is 10.5 Å². The van der Waals surface area contributed by atoms with Crippen LogP contribution in [0.3, 0.4) is 0 Å². The molecule has 0 heterocycles. The van der Waals surface area contributed by atoms with Crippen LogP contribution in [0, 0.1) is 5.92 Å². The van der Waals surface area contributed by atoms with Gasteiger partial charge in [0.15, 0.2) is 0 Å². The highest BCUT2D eigenvalue weighted by molar-refractivity contribution is 4.85. The molecular weight excluding hydrogens is 186 g/mol. The quantitative estimate of drug-likeness (QED) is 0.562. The minimum atomic E-state index is -0.0204. The smallest absolute Gasteiger partial charge is 0.0646 e. The SMILES string of the molecule is CC(C)CCOCC1(N)CCCCCC1. The van der Waals surface area contributed by atoms with Crippen LogP contribution in [0.2, 0.25) is 0 Å². The molecule has 90 valence electrons. The molecule has 1 fully saturated rings. The third-order valence-corrected chi connectivity index (χ3v) is 3.33. The van der Waals surface area contributed by atoms with Gasteiger partial charge in [0.2, 0.25) is 0 Å². The van der Waals surface area contributed by atoms with E-state index in [9.17, 15) is 0 Å². The molecule has 0 saturated heterocycles. The lowest BCUT2D eigenvalue weighted by Crippen LogP contribution is -2.44. The van der Waals surface area contributed by atoms with Crippen molar-refractivity contribution in [3.63, 3.8) is 0 Å². The van der Waals surface area contributed by atoms with E-state index in [4.69, 9.17) is 10.5 Å². The summed E-state index contributed by atoms with van der Waals surface area (Å²) < 4.78 is 5.72. The first-order chi connectivity index (χ1) is 7.12. The van der Waals surface area contributed by atoms with Gasteiger partial charge in [-0.25, -0.2) is 0 Å². The molecule has 0 aromatic carbocycles. The predicted octanol–water partition coefficient (Wildman–Crippen LogP) is 3.10. The Morgan fingerprint density at radius 2 is 1.73 bits per heavy atom. The standard InChI is InChI=1S/C13H27NO/c1-12(2)7-10-15-11-13(14)8-5-3-4-6-9-13/h12H,3-11,14H2,1-2H3. The Balaban J connectivity index is 2.16. The van der Waals surface area contributed by atoms with Crippen molar-refractivity contribution in [2.75, 3.05) is 13.2 Å². The van der Waals surface area contributed by atoms with Crippen LogP contribution in [0.15, 0.2) is 0 Å². The Labute approximate surface area is 94.6 Å².